The summed E-state index contributed by atoms with van der Waals surface area (Å²) in [5.41, 5.74) is 2.73. The Hall–Kier alpha value is -2.27. The molecule has 0 atom stereocenters. The van der Waals surface area contributed by atoms with Gasteiger partial charge in [-0.05, 0) is 50.2 Å². The van der Waals surface area contributed by atoms with E-state index in [0.717, 1.165) is 32.8 Å². The van der Waals surface area contributed by atoms with Crippen molar-refractivity contribution in [3.8, 4) is 11.3 Å². The third-order valence-electron chi connectivity index (χ3n) is 3.04. The number of anilines is 2. The van der Waals surface area contributed by atoms with Gasteiger partial charge in [0.2, 0.25) is 0 Å². The number of nitrogens with one attached hydrogen (secondary N) is 1. The Morgan fingerprint density at radius 3 is 2.48 bits per heavy atom. The van der Waals surface area contributed by atoms with E-state index in [1.165, 1.54) is 12.1 Å². The van der Waals surface area contributed by atoms with Gasteiger partial charge in [-0.3, -0.25) is 0 Å². The molecule has 2 aromatic heterocycles. The number of hydrogen-bond acceptors (Lipinski definition) is 4. The van der Waals surface area contributed by atoms with Crippen LogP contribution >= 0.6 is 11.3 Å². The zero-order valence-corrected chi connectivity index (χ0v) is 12.5. The Morgan fingerprint density at radius 2 is 1.76 bits per heavy atom. The lowest BCUT2D eigenvalue weighted by Gasteiger charge is -2.01. The van der Waals surface area contributed by atoms with Gasteiger partial charge in [0.1, 0.15) is 11.6 Å². The normalized spacial score (nSPS) is 10.6. The molecular formula is C16H14FN3S. The number of pyridine rings is 1. The van der Waals surface area contributed by atoms with Gasteiger partial charge in [0, 0.05) is 16.1 Å². The van der Waals surface area contributed by atoms with Crippen LogP contribution in [-0.4, -0.2) is 9.97 Å². The molecule has 0 bridgehead atoms. The van der Waals surface area contributed by atoms with Crippen LogP contribution in [0.2, 0.25) is 0 Å². The molecule has 3 rings (SSSR count). The molecule has 5 heteroatoms. The first kappa shape index (κ1) is 13.7. The molecular weight excluding hydrogens is 285 g/mol. The highest BCUT2D eigenvalue weighted by Gasteiger charge is 2.10. The largest absolute Gasteiger partial charge is 0.316 e. The van der Waals surface area contributed by atoms with Crippen LogP contribution in [0.1, 0.15) is 10.6 Å². The Labute approximate surface area is 126 Å². The summed E-state index contributed by atoms with van der Waals surface area (Å²) in [6.45, 7) is 3.95. The van der Waals surface area contributed by atoms with E-state index in [9.17, 15) is 4.39 Å². The van der Waals surface area contributed by atoms with Crippen molar-refractivity contribution in [3.05, 3.63) is 58.9 Å². The second kappa shape index (κ2) is 5.61. The van der Waals surface area contributed by atoms with Gasteiger partial charge in [0.25, 0.3) is 0 Å². The fourth-order valence-corrected chi connectivity index (χ4v) is 2.89. The van der Waals surface area contributed by atoms with Crippen molar-refractivity contribution >= 4 is 22.3 Å². The summed E-state index contributed by atoms with van der Waals surface area (Å²) in [4.78, 5) is 10.1. The van der Waals surface area contributed by atoms with Gasteiger partial charge in [-0.2, -0.15) is 0 Å². The van der Waals surface area contributed by atoms with Gasteiger partial charge in [-0.1, -0.05) is 6.07 Å². The van der Waals surface area contributed by atoms with Crippen LogP contribution in [0, 0.1) is 19.7 Å². The topological polar surface area (TPSA) is 37.8 Å². The summed E-state index contributed by atoms with van der Waals surface area (Å²) in [6.07, 6.45) is 0. The average molecular weight is 299 g/mol. The second-order valence-electron chi connectivity index (χ2n) is 4.72. The number of nitrogens with zero attached hydrogens (tertiary/aromatic N) is 2. The van der Waals surface area contributed by atoms with Crippen molar-refractivity contribution < 1.29 is 4.39 Å². The predicted octanol–water partition coefficient (Wildman–Crippen LogP) is 4.70. The number of benzene rings is 1. The van der Waals surface area contributed by atoms with E-state index < -0.39 is 0 Å². The van der Waals surface area contributed by atoms with Crippen LogP contribution in [0.4, 0.5) is 15.3 Å². The summed E-state index contributed by atoms with van der Waals surface area (Å²) >= 11 is 1.56. The first-order valence-electron chi connectivity index (χ1n) is 6.56. The van der Waals surface area contributed by atoms with Crippen molar-refractivity contribution in [1.29, 1.82) is 0 Å². The fraction of sp³-hybridized carbons (Fsp3) is 0.125. The van der Waals surface area contributed by atoms with Gasteiger partial charge in [0.05, 0.1) is 5.69 Å². The summed E-state index contributed by atoms with van der Waals surface area (Å²) in [5.74, 6) is 0.531. The maximum absolute atomic E-state index is 13.0. The highest BCUT2D eigenvalue weighted by Crippen LogP contribution is 2.31. The van der Waals surface area contributed by atoms with Crippen LogP contribution < -0.4 is 5.32 Å². The standard InChI is InChI=1S/C16H14FN3S/c1-10-4-3-5-14(18-10)19-16-20-15(11(2)21-16)12-6-8-13(17)9-7-12/h3-9H,1-2H3,(H,18,19,20). The molecule has 1 aromatic carbocycles. The van der Waals surface area contributed by atoms with Gasteiger partial charge in [0.15, 0.2) is 5.13 Å². The zero-order chi connectivity index (χ0) is 14.8. The number of hydrogen-bond donors (Lipinski definition) is 1. The van der Waals surface area contributed by atoms with Crippen LogP contribution in [0.25, 0.3) is 11.3 Å². The van der Waals surface area contributed by atoms with Gasteiger partial charge in [-0.15, -0.1) is 11.3 Å². The van der Waals surface area contributed by atoms with Gasteiger partial charge >= 0.3 is 0 Å². The van der Waals surface area contributed by atoms with E-state index in [4.69, 9.17) is 0 Å². The highest BCUT2D eigenvalue weighted by molar-refractivity contribution is 7.16. The number of aryl methyl sites for hydroxylation is 2. The van der Waals surface area contributed by atoms with Crippen molar-refractivity contribution in [1.82, 2.24) is 9.97 Å². The molecule has 2 heterocycles. The Balaban J connectivity index is 1.89. The van der Waals surface area contributed by atoms with Crippen LogP contribution in [0.3, 0.4) is 0 Å². The van der Waals surface area contributed by atoms with Crippen molar-refractivity contribution in [2.45, 2.75) is 13.8 Å². The van der Waals surface area contributed by atoms with Crippen LogP contribution in [-0.2, 0) is 0 Å². The minimum atomic E-state index is -0.242. The third-order valence-corrected chi connectivity index (χ3v) is 3.92. The SMILES string of the molecule is Cc1cccc(Nc2nc(-c3ccc(F)cc3)c(C)s2)n1. The summed E-state index contributed by atoms with van der Waals surface area (Å²) < 4.78 is 13.0. The molecule has 0 aliphatic carbocycles. The van der Waals surface area contributed by atoms with E-state index >= 15 is 0 Å². The summed E-state index contributed by atoms with van der Waals surface area (Å²) in [7, 11) is 0. The maximum atomic E-state index is 13.0. The van der Waals surface area contributed by atoms with Crippen molar-refractivity contribution in [3.63, 3.8) is 0 Å². The van der Waals surface area contributed by atoms with Gasteiger partial charge in [-0.25, -0.2) is 14.4 Å². The molecule has 106 valence electrons. The predicted molar refractivity (Wildman–Crippen MR) is 84.5 cm³/mol. The van der Waals surface area contributed by atoms with Crippen molar-refractivity contribution in [2.24, 2.45) is 0 Å². The Morgan fingerprint density at radius 1 is 1.00 bits per heavy atom. The third kappa shape index (κ3) is 3.08. The number of aromatic nitrogens is 2. The maximum Gasteiger partial charge on any atom is 0.189 e. The van der Waals surface area contributed by atoms with Gasteiger partial charge < -0.3 is 5.32 Å². The Kier molecular flexibility index (Phi) is 3.66. The minimum absolute atomic E-state index is 0.242. The molecule has 0 fully saturated rings. The zero-order valence-electron chi connectivity index (χ0n) is 11.7. The molecule has 0 saturated heterocycles. The molecule has 0 aliphatic heterocycles. The summed E-state index contributed by atoms with van der Waals surface area (Å²) in [6, 6.07) is 12.2. The highest BCUT2D eigenvalue weighted by atomic mass is 32.1. The monoisotopic (exact) mass is 299 g/mol. The smallest absolute Gasteiger partial charge is 0.189 e. The first-order valence-corrected chi connectivity index (χ1v) is 7.37. The quantitative estimate of drug-likeness (QED) is 0.761. The molecule has 0 unspecified atom stereocenters. The van der Waals surface area contributed by atoms with E-state index in [-0.39, 0.29) is 5.82 Å². The summed E-state index contributed by atoms with van der Waals surface area (Å²) in [5, 5.41) is 3.99. The van der Waals surface area contributed by atoms with Crippen molar-refractivity contribution in [2.75, 3.05) is 5.32 Å². The van der Waals surface area contributed by atoms with E-state index in [1.807, 2.05) is 32.0 Å². The van der Waals surface area contributed by atoms with E-state index in [2.05, 4.69) is 15.3 Å². The lowest BCUT2D eigenvalue weighted by atomic mass is 10.1. The number of rotatable bonds is 3. The molecule has 0 aliphatic rings. The van der Waals surface area contributed by atoms with E-state index in [1.54, 1.807) is 23.5 Å². The molecule has 3 nitrogen and oxygen atoms in total. The molecule has 1 N–H and O–H groups in total. The number of thiazole rings is 1. The molecule has 3 aromatic rings. The second-order valence-corrected chi connectivity index (χ2v) is 5.92. The van der Waals surface area contributed by atoms with Crippen LogP contribution in [0.15, 0.2) is 42.5 Å². The first-order chi connectivity index (χ1) is 10.1. The average Bonchev–Trinajstić information content (AvgIpc) is 2.80. The lowest BCUT2D eigenvalue weighted by molar-refractivity contribution is 0.628. The van der Waals surface area contributed by atoms with Crippen LogP contribution in [0.5, 0.6) is 0 Å². The fourth-order valence-electron chi connectivity index (χ4n) is 2.05. The Bertz CT molecular complexity index is 765. The molecule has 0 spiro atoms. The van der Waals surface area contributed by atoms with E-state index in [0.29, 0.717) is 0 Å². The molecule has 21 heavy (non-hydrogen) atoms. The molecule has 0 amide bonds. The molecule has 0 radical (unpaired) electrons. The molecule has 0 saturated carbocycles. The minimum Gasteiger partial charge on any atom is -0.316 e. The number of halogens is 1. The lowest BCUT2D eigenvalue weighted by Crippen LogP contribution is -1.93.